The largest absolute Gasteiger partial charge is 0.389 e. The number of rotatable bonds is 7. The van der Waals surface area contributed by atoms with E-state index in [4.69, 9.17) is 11.6 Å². The van der Waals surface area contributed by atoms with Crippen LogP contribution >= 0.6 is 24.2 Å². The second-order valence-electron chi connectivity index (χ2n) is 6.98. The van der Waals surface area contributed by atoms with Gasteiger partial charge in [-0.1, -0.05) is 11.6 Å². The molecule has 1 aliphatic rings. The van der Waals surface area contributed by atoms with Gasteiger partial charge in [-0.25, -0.2) is 0 Å². The molecule has 0 spiro atoms. The number of nitrogens with one attached hydrogen (secondary N) is 2. The van der Waals surface area contributed by atoms with Crippen molar-refractivity contribution in [2.75, 3.05) is 36.4 Å². The molecular weight excluding hydrogens is 410 g/mol. The number of ketones is 1. The molecule has 6 nitrogen and oxygen atoms in total. The van der Waals surface area contributed by atoms with Gasteiger partial charge in [-0.2, -0.15) is 0 Å². The number of aliphatic hydroxyl groups is 1. The van der Waals surface area contributed by atoms with Gasteiger partial charge in [-0.15, -0.1) is 12.6 Å². The molecule has 1 saturated heterocycles. The maximum Gasteiger partial charge on any atom is 0.252 e. The topological polar surface area (TPSA) is 81.7 Å². The number of carbonyl (C=O) groups is 2. The van der Waals surface area contributed by atoms with Crippen LogP contribution in [0, 0.1) is 0 Å². The van der Waals surface area contributed by atoms with E-state index in [0.29, 0.717) is 40.7 Å². The molecule has 1 atom stereocenters. The van der Waals surface area contributed by atoms with E-state index in [1.807, 2.05) is 24.3 Å². The summed E-state index contributed by atoms with van der Waals surface area (Å²) in [5, 5.41) is 16.4. The molecule has 1 aliphatic heterocycles. The molecule has 3 rings (SSSR count). The Labute approximate surface area is 180 Å². The Kier molecular flexibility index (Phi) is 7.41. The molecule has 1 amide bonds. The predicted molar refractivity (Wildman–Crippen MR) is 118 cm³/mol. The Balaban J connectivity index is 1.44. The minimum Gasteiger partial charge on any atom is -0.389 e. The van der Waals surface area contributed by atoms with Crippen LogP contribution < -0.4 is 15.5 Å². The van der Waals surface area contributed by atoms with Gasteiger partial charge in [-0.05, 0) is 42.5 Å². The van der Waals surface area contributed by atoms with Crippen molar-refractivity contribution in [1.82, 2.24) is 5.32 Å². The van der Waals surface area contributed by atoms with Crippen molar-refractivity contribution in [3.8, 4) is 0 Å². The second kappa shape index (κ2) is 10.0. The van der Waals surface area contributed by atoms with Crippen LogP contribution in [0.5, 0.6) is 0 Å². The van der Waals surface area contributed by atoms with Crippen molar-refractivity contribution in [1.29, 1.82) is 0 Å². The number of anilines is 2. The maximum absolute atomic E-state index is 12.2. The molecule has 1 fully saturated rings. The standard InChI is InChI=1S/C21H24ClN3O3S/c22-14-1-6-20(29)19(11-14)21(28)24-13-18(27)12-23-15-2-4-16(5-3-15)25-9-7-17(26)8-10-25/h1-6,11,18,23,27,29H,7-10,12-13H2,(H,24,28). The van der Waals surface area contributed by atoms with Gasteiger partial charge < -0.3 is 20.6 Å². The van der Waals surface area contributed by atoms with E-state index >= 15 is 0 Å². The molecule has 2 aromatic carbocycles. The van der Waals surface area contributed by atoms with Crippen molar-refractivity contribution < 1.29 is 14.7 Å². The number of carbonyl (C=O) groups excluding carboxylic acids is 2. The third kappa shape index (κ3) is 6.13. The number of halogens is 1. The van der Waals surface area contributed by atoms with Gasteiger partial charge in [0.1, 0.15) is 5.78 Å². The molecule has 3 N–H and O–H groups in total. The zero-order valence-electron chi connectivity index (χ0n) is 15.9. The van der Waals surface area contributed by atoms with Gasteiger partial charge in [-0.3, -0.25) is 9.59 Å². The van der Waals surface area contributed by atoms with Crippen LogP contribution in [0.4, 0.5) is 11.4 Å². The molecule has 8 heteroatoms. The fourth-order valence-corrected chi connectivity index (χ4v) is 3.52. The predicted octanol–water partition coefficient (Wildman–Crippen LogP) is 3.00. The van der Waals surface area contributed by atoms with E-state index < -0.39 is 6.10 Å². The Morgan fingerprint density at radius 2 is 1.83 bits per heavy atom. The first-order chi connectivity index (χ1) is 13.9. The summed E-state index contributed by atoms with van der Waals surface area (Å²) in [6.07, 6.45) is 0.443. The molecule has 0 saturated carbocycles. The molecule has 1 heterocycles. The molecule has 29 heavy (non-hydrogen) atoms. The SMILES string of the molecule is O=C1CCN(c2ccc(NCC(O)CNC(=O)c3cc(Cl)ccc3S)cc2)CC1. The van der Waals surface area contributed by atoms with Crippen molar-refractivity contribution in [2.45, 2.75) is 23.8 Å². The van der Waals surface area contributed by atoms with Crippen molar-refractivity contribution in [2.24, 2.45) is 0 Å². The molecule has 1 unspecified atom stereocenters. The summed E-state index contributed by atoms with van der Waals surface area (Å²) in [6.45, 7) is 1.90. The third-order valence-electron chi connectivity index (χ3n) is 4.80. The molecule has 0 aliphatic carbocycles. The average molecular weight is 434 g/mol. The number of piperidine rings is 1. The van der Waals surface area contributed by atoms with E-state index in [0.717, 1.165) is 24.5 Å². The number of benzene rings is 2. The number of amides is 1. The summed E-state index contributed by atoms with van der Waals surface area (Å²) in [7, 11) is 0. The monoisotopic (exact) mass is 433 g/mol. The van der Waals surface area contributed by atoms with Crippen LogP contribution in [0.3, 0.4) is 0 Å². The average Bonchev–Trinajstić information content (AvgIpc) is 2.73. The van der Waals surface area contributed by atoms with Gasteiger partial charge in [0.15, 0.2) is 0 Å². The molecule has 0 radical (unpaired) electrons. The highest BCUT2D eigenvalue weighted by atomic mass is 35.5. The number of Topliss-reactive ketones (excluding diaryl/α,β-unsaturated/α-hetero) is 1. The highest BCUT2D eigenvalue weighted by Crippen LogP contribution is 2.21. The summed E-state index contributed by atoms with van der Waals surface area (Å²) in [5.74, 6) is -0.0116. The minimum atomic E-state index is -0.755. The molecular formula is C21H24ClN3O3S. The highest BCUT2D eigenvalue weighted by molar-refractivity contribution is 7.80. The van der Waals surface area contributed by atoms with Crippen molar-refractivity contribution >= 4 is 47.3 Å². The van der Waals surface area contributed by atoms with Gasteiger partial charge >= 0.3 is 0 Å². The Morgan fingerprint density at radius 1 is 1.14 bits per heavy atom. The lowest BCUT2D eigenvalue weighted by Gasteiger charge is -2.28. The number of thiol groups is 1. The number of hydrogen-bond donors (Lipinski definition) is 4. The number of aliphatic hydroxyl groups excluding tert-OH is 1. The smallest absolute Gasteiger partial charge is 0.252 e. The van der Waals surface area contributed by atoms with Gasteiger partial charge in [0.25, 0.3) is 5.91 Å². The Morgan fingerprint density at radius 3 is 2.52 bits per heavy atom. The first-order valence-electron chi connectivity index (χ1n) is 9.48. The van der Waals surface area contributed by atoms with Crippen LogP contribution in [0.2, 0.25) is 5.02 Å². The summed E-state index contributed by atoms with van der Waals surface area (Å²) in [5.41, 5.74) is 2.33. The van der Waals surface area contributed by atoms with Crippen LogP contribution in [0.25, 0.3) is 0 Å². The Bertz CT molecular complexity index is 866. The lowest BCUT2D eigenvalue weighted by Crippen LogP contribution is -2.36. The zero-order valence-corrected chi connectivity index (χ0v) is 17.5. The van der Waals surface area contributed by atoms with Crippen molar-refractivity contribution in [3.05, 3.63) is 53.1 Å². The zero-order chi connectivity index (χ0) is 20.8. The van der Waals surface area contributed by atoms with Crippen molar-refractivity contribution in [3.63, 3.8) is 0 Å². The number of hydrogen-bond acceptors (Lipinski definition) is 6. The number of nitrogens with zero attached hydrogens (tertiary/aromatic N) is 1. The second-order valence-corrected chi connectivity index (χ2v) is 7.90. The molecule has 154 valence electrons. The van der Waals surface area contributed by atoms with Gasteiger partial charge in [0.2, 0.25) is 0 Å². The normalized spacial score (nSPS) is 15.1. The summed E-state index contributed by atoms with van der Waals surface area (Å²) in [6, 6.07) is 12.7. The van der Waals surface area contributed by atoms with E-state index in [1.54, 1.807) is 18.2 Å². The summed E-state index contributed by atoms with van der Waals surface area (Å²) < 4.78 is 0. The summed E-state index contributed by atoms with van der Waals surface area (Å²) >= 11 is 10.2. The lowest BCUT2D eigenvalue weighted by atomic mass is 10.1. The van der Waals surface area contributed by atoms with Gasteiger partial charge in [0.05, 0.1) is 11.7 Å². The minimum absolute atomic E-state index is 0.103. The van der Waals surface area contributed by atoms with Crippen LogP contribution in [0.15, 0.2) is 47.4 Å². The lowest BCUT2D eigenvalue weighted by molar-refractivity contribution is -0.119. The quantitative estimate of drug-likeness (QED) is 0.505. The fourth-order valence-electron chi connectivity index (χ4n) is 3.11. The first-order valence-corrected chi connectivity index (χ1v) is 10.3. The summed E-state index contributed by atoms with van der Waals surface area (Å²) in [4.78, 5) is 26.3. The Hall–Kier alpha value is -2.22. The van der Waals surface area contributed by atoms with Crippen LogP contribution in [-0.4, -0.2) is 49.1 Å². The molecule has 0 aromatic heterocycles. The van der Waals surface area contributed by atoms with Crippen LogP contribution in [-0.2, 0) is 4.79 Å². The van der Waals surface area contributed by atoms with E-state index in [1.165, 1.54) is 0 Å². The van der Waals surface area contributed by atoms with E-state index in [9.17, 15) is 14.7 Å². The fraction of sp³-hybridized carbons (Fsp3) is 0.333. The first kappa shape index (κ1) is 21.5. The van der Waals surface area contributed by atoms with Crippen LogP contribution in [0.1, 0.15) is 23.2 Å². The maximum atomic E-state index is 12.2. The van der Waals surface area contributed by atoms with Gasteiger partial charge in [0, 0.05) is 60.3 Å². The highest BCUT2D eigenvalue weighted by Gasteiger charge is 2.16. The molecule has 0 bridgehead atoms. The van der Waals surface area contributed by atoms with E-state index in [-0.39, 0.29) is 12.5 Å². The van der Waals surface area contributed by atoms with E-state index in [2.05, 4.69) is 28.2 Å². The third-order valence-corrected chi connectivity index (χ3v) is 5.42. The molecule has 2 aromatic rings.